The predicted octanol–water partition coefficient (Wildman–Crippen LogP) is 8.69. The lowest BCUT2D eigenvalue weighted by molar-refractivity contribution is -0.232. The first-order valence-corrected chi connectivity index (χ1v) is 19.9. The molecule has 9 heteroatoms. The van der Waals surface area contributed by atoms with Crippen molar-refractivity contribution in [1.29, 1.82) is 0 Å². The number of nitrogens with one attached hydrogen (secondary N) is 2. The van der Waals surface area contributed by atoms with Crippen LogP contribution < -0.4 is 10.6 Å². The number of rotatable bonds is 8. The van der Waals surface area contributed by atoms with Gasteiger partial charge in [-0.2, -0.15) is 0 Å². The summed E-state index contributed by atoms with van der Waals surface area (Å²) in [7, 11) is 0. The molecule has 0 bridgehead atoms. The van der Waals surface area contributed by atoms with E-state index in [-0.39, 0.29) is 57.8 Å². The van der Waals surface area contributed by atoms with Crippen molar-refractivity contribution in [3.63, 3.8) is 0 Å². The van der Waals surface area contributed by atoms with E-state index in [1.54, 1.807) is 25.2 Å². The minimum absolute atomic E-state index is 0.0293. The number of hydrogen-bond acceptors (Lipinski definition) is 6. The van der Waals surface area contributed by atoms with Crippen molar-refractivity contribution >= 4 is 35.1 Å². The molecule has 276 valence electrons. The third-order valence-electron chi connectivity index (χ3n) is 15.2. The summed E-state index contributed by atoms with van der Waals surface area (Å²) < 4.78 is 6.15. The van der Waals surface area contributed by atoms with Gasteiger partial charge >= 0.3 is 18.0 Å². The first-order valence-electron chi connectivity index (χ1n) is 19.0. The summed E-state index contributed by atoms with van der Waals surface area (Å²) in [5.41, 5.74) is 0.204. The molecule has 5 aliphatic carbocycles. The van der Waals surface area contributed by atoms with Gasteiger partial charge in [-0.3, -0.25) is 14.4 Å². The van der Waals surface area contributed by atoms with Gasteiger partial charge in [0.15, 0.2) is 5.78 Å². The number of carboxylic acid groups (broad SMARTS) is 1. The van der Waals surface area contributed by atoms with Crippen LogP contribution in [0.2, 0.25) is 0 Å². The van der Waals surface area contributed by atoms with Gasteiger partial charge in [0.05, 0.1) is 23.9 Å². The van der Waals surface area contributed by atoms with E-state index in [0.29, 0.717) is 24.8 Å². The normalized spacial score (nSPS) is 37.7. The van der Waals surface area contributed by atoms with Crippen LogP contribution in [-0.2, 0) is 25.7 Å². The van der Waals surface area contributed by atoms with Gasteiger partial charge in [0.25, 0.3) is 0 Å². The Balaban J connectivity index is 1.27. The van der Waals surface area contributed by atoms with Gasteiger partial charge in [-0.15, -0.1) is 11.3 Å². The lowest BCUT2D eigenvalue weighted by atomic mass is 9.33. The van der Waals surface area contributed by atoms with Crippen LogP contribution in [0.5, 0.6) is 0 Å². The van der Waals surface area contributed by atoms with Gasteiger partial charge in [0, 0.05) is 16.7 Å². The fraction of sp³-hybridized carbons (Fsp3) is 0.756. The second-order valence-electron chi connectivity index (χ2n) is 18.9. The monoisotopic (exact) mass is 708 g/mol. The van der Waals surface area contributed by atoms with E-state index in [1.165, 1.54) is 5.57 Å². The molecule has 5 aliphatic rings. The Kier molecular flexibility index (Phi) is 9.26. The quantitative estimate of drug-likeness (QED) is 0.232. The van der Waals surface area contributed by atoms with E-state index < -0.39 is 22.9 Å². The number of allylic oxidation sites excluding steroid dienone is 1. The number of carbonyl (C=O) groups excluding carboxylic acids is 3. The van der Waals surface area contributed by atoms with Crippen molar-refractivity contribution < 1.29 is 29.0 Å². The Labute approximate surface area is 303 Å². The van der Waals surface area contributed by atoms with Crippen molar-refractivity contribution in [2.45, 2.75) is 145 Å². The molecule has 0 aliphatic heterocycles. The molecule has 0 aromatic carbocycles. The van der Waals surface area contributed by atoms with E-state index in [0.717, 1.165) is 61.8 Å². The number of fused-ring (bicyclic) bond motifs is 7. The van der Waals surface area contributed by atoms with Gasteiger partial charge in [-0.05, 0) is 128 Å². The number of hydrogen-bond donors (Lipinski definition) is 3. The van der Waals surface area contributed by atoms with Gasteiger partial charge in [-0.25, -0.2) is 4.79 Å². The van der Waals surface area contributed by atoms with Crippen LogP contribution in [0.3, 0.4) is 0 Å². The molecule has 4 fully saturated rings. The van der Waals surface area contributed by atoms with Crippen molar-refractivity contribution in [3.8, 4) is 0 Å². The molecule has 3 N–H and O–H groups in total. The van der Waals surface area contributed by atoms with E-state index >= 15 is 0 Å². The molecule has 0 saturated heterocycles. The van der Waals surface area contributed by atoms with E-state index in [1.807, 2.05) is 17.5 Å². The van der Waals surface area contributed by atoms with Crippen molar-refractivity contribution in [2.24, 2.45) is 50.7 Å². The first kappa shape index (κ1) is 37.1. The Morgan fingerprint density at radius 3 is 2.34 bits per heavy atom. The maximum absolute atomic E-state index is 13.9. The van der Waals surface area contributed by atoms with Crippen molar-refractivity contribution in [2.75, 3.05) is 0 Å². The lowest BCUT2D eigenvalue weighted by Gasteiger charge is -2.72. The number of carbonyl (C=O) groups is 4. The SMILES string of the molecule is CC(C)C1=C2C3CCC4C5(C)CC[C@H](OC(=O)CC(C)(C)C(=O)O)C(C)(C)C5CCC4(C)[C@]3(C)CC[C@@]2(NC(=O)NCc2cccs2)CC1=O. The number of aliphatic carboxylic acids is 1. The molecule has 6 rings (SSSR count). The Morgan fingerprint density at radius 2 is 1.70 bits per heavy atom. The molecule has 2 amide bonds. The van der Waals surface area contributed by atoms with Gasteiger partial charge in [0.2, 0.25) is 0 Å². The number of esters is 1. The smallest absolute Gasteiger partial charge is 0.315 e. The highest BCUT2D eigenvalue weighted by atomic mass is 32.1. The summed E-state index contributed by atoms with van der Waals surface area (Å²) in [4.78, 5) is 53.3. The van der Waals surface area contributed by atoms with E-state index in [2.05, 4.69) is 59.1 Å². The van der Waals surface area contributed by atoms with Crippen LogP contribution >= 0.6 is 11.3 Å². The van der Waals surface area contributed by atoms with Crippen LogP contribution in [-0.4, -0.2) is 40.5 Å². The topological polar surface area (TPSA) is 122 Å². The molecular weight excluding hydrogens is 649 g/mol. The maximum atomic E-state index is 13.9. The van der Waals surface area contributed by atoms with Crippen LogP contribution in [0.4, 0.5) is 4.79 Å². The number of ether oxygens (including phenoxy) is 1. The Bertz CT molecular complexity index is 1580. The van der Waals surface area contributed by atoms with Gasteiger partial charge < -0.3 is 20.5 Å². The summed E-state index contributed by atoms with van der Waals surface area (Å²) in [6.07, 6.45) is 7.62. The number of thiophene rings is 1. The highest BCUT2D eigenvalue weighted by Gasteiger charge is 2.70. The summed E-state index contributed by atoms with van der Waals surface area (Å²) in [5, 5.41) is 18.1. The number of amides is 2. The fourth-order valence-electron chi connectivity index (χ4n) is 12.4. The third-order valence-corrected chi connectivity index (χ3v) is 16.0. The second-order valence-corrected chi connectivity index (χ2v) is 19.9. The maximum Gasteiger partial charge on any atom is 0.315 e. The van der Waals surface area contributed by atoms with Crippen LogP contribution in [0.25, 0.3) is 0 Å². The molecular formula is C41H60N2O6S. The van der Waals surface area contributed by atoms with Crippen molar-refractivity contribution in [3.05, 3.63) is 33.5 Å². The lowest BCUT2D eigenvalue weighted by Crippen LogP contribution is -2.67. The second kappa shape index (κ2) is 12.5. The zero-order valence-electron chi connectivity index (χ0n) is 31.8. The standard InChI is InChI=1S/C41H60N2O6S/c1-24(2)32-27(44)21-41(43-35(48)42-23-25-11-10-20-50-25)19-18-39(8)26(33(32)41)12-13-29-38(7)16-15-30(49-31(45)22-36(3,4)34(46)47)37(5,6)28(38)14-17-40(29,39)9/h10-11,20,24,26,28-30H,12-19,21-23H2,1-9H3,(H,46,47)(H2,42,43,48)/t26?,28?,29?,30-,38?,39+,40?,41+/m0/s1. The number of carboxylic acids is 1. The molecule has 50 heavy (non-hydrogen) atoms. The highest BCUT2D eigenvalue weighted by molar-refractivity contribution is 7.09. The van der Waals surface area contributed by atoms with Gasteiger partial charge in [0.1, 0.15) is 6.10 Å². The van der Waals surface area contributed by atoms with Crippen LogP contribution in [0.15, 0.2) is 28.7 Å². The van der Waals surface area contributed by atoms with Crippen molar-refractivity contribution in [1.82, 2.24) is 10.6 Å². The summed E-state index contributed by atoms with van der Waals surface area (Å²) in [6, 6.07) is 3.81. The molecule has 4 saturated carbocycles. The minimum atomic E-state index is -1.17. The molecule has 0 spiro atoms. The summed E-state index contributed by atoms with van der Waals surface area (Å²) in [6.45, 7) is 20.0. The summed E-state index contributed by atoms with van der Waals surface area (Å²) in [5.74, 6) is -0.0613. The Hall–Kier alpha value is -2.68. The minimum Gasteiger partial charge on any atom is -0.481 e. The first-order chi connectivity index (χ1) is 23.2. The van der Waals surface area contributed by atoms with Gasteiger partial charge in [-0.1, -0.05) is 54.5 Å². The van der Waals surface area contributed by atoms with E-state index in [9.17, 15) is 24.3 Å². The average molecular weight is 709 g/mol. The van der Waals surface area contributed by atoms with Crippen LogP contribution in [0, 0.1) is 50.7 Å². The summed E-state index contributed by atoms with van der Waals surface area (Å²) >= 11 is 1.62. The largest absolute Gasteiger partial charge is 0.481 e. The zero-order valence-corrected chi connectivity index (χ0v) is 32.6. The molecule has 8 nitrogen and oxygen atoms in total. The Morgan fingerprint density at radius 1 is 0.980 bits per heavy atom. The third kappa shape index (κ3) is 5.67. The molecule has 1 aromatic heterocycles. The molecule has 0 radical (unpaired) electrons. The molecule has 1 aromatic rings. The number of ketones is 1. The zero-order chi connectivity index (χ0) is 36.7. The fourth-order valence-corrected chi connectivity index (χ4v) is 13.1. The molecule has 1 heterocycles. The number of Topliss-reactive ketones (excluding diaryl/α,β-unsaturated/α-hetero) is 1. The number of urea groups is 1. The predicted molar refractivity (Wildman–Crippen MR) is 195 cm³/mol. The molecule has 8 atom stereocenters. The molecule has 5 unspecified atom stereocenters. The van der Waals surface area contributed by atoms with Crippen LogP contribution in [0.1, 0.15) is 131 Å². The van der Waals surface area contributed by atoms with E-state index in [4.69, 9.17) is 4.74 Å². The highest BCUT2D eigenvalue weighted by Crippen LogP contribution is 2.76. The average Bonchev–Trinajstić information content (AvgIpc) is 3.63.